The first-order chi connectivity index (χ1) is 9.54. The molecule has 1 heterocycles. The molecule has 0 aliphatic carbocycles. The van der Waals surface area contributed by atoms with Gasteiger partial charge in [0.1, 0.15) is 11.6 Å². The van der Waals surface area contributed by atoms with Gasteiger partial charge in [-0.1, -0.05) is 0 Å². The van der Waals surface area contributed by atoms with E-state index in [2.05, 4.69) is 5.32 Å². The second kappa shape index (κ2) is 6.65. The van der Waals surface area contributed by atoms with Gasteiger partial charge in [0, 0.05) is 38.6 Å². The number of carbonyl (C=O) groups excluding carboxylic acids is 1. The lowest BCUT2D eigenvalue weighted by Gasteiger charge is -2.27. The Kier molecular flexibility index (Phi) is 4.89. The monoisotopic (exact) mass is 284 g/mol. The summed E-state index contributed by atoms with van der Waals surface area (Å²) in [5.41, 5.74) is 0.117. The van der Waals surface area contributed by atoms with Crippen LogP contribution < -0.4 is 5.32 Å². The van der Waals surface area contributed by atoms with Gasteiger partial charge in [0.05, 0.1) is 0 Å². The van der Waals surface area contributed by atoms with Crippen molar-refractivity contribution in [3.8, 4) is 0 Å². The molecule has 4 nitrogen and oxygen atoms in total. The number of rotatable bonds is 3. The van der Waals surface area contributed by atoms with Gasteiger partial charge in [-0.2, -0.15) is 0 Å². The first-order valence-corrected chi connectivity index (χ1v) is 6.60. The Bertz CT molecular complexity index is 456. The number of nitrogens with zero attached hydrogens (tertiary/aromatic N) is 1. The number of carbonyl (C=O) groups is 1. The first-order valence-electron chi connectivity index (χ1n) is 6.60. The molecular formula is C14H18F2N2O2. The van der Waals surface area contributed by atoms with E-state index in [1.165, 1.54) is 4.90 Å². The molecule has 0 unspecified atom stereocenters. The van der Waals surface area contributed by atoms with Crippen LogP contribution in [0.1, 0.15) is 12.8 Å². The van der Waals surface area contributed by atoms with Crippen LogP contribution in [0.5, 0.6) is 0 Å². The summed E-state index contributed by atoms with van der Waals surface area (Å²) in [6.07, 6.45) is 1.85. The quantitative estimate of drug-likeness (QED) is 0.927. The van der Waals surface area contributed by atoms with Crippen LogP contribution in [0, 0.1) is 17.6 Å². The van der Waals surface area contributed by atoms with E-state index in [-0.39, 0.29) is 11.7 Å². The molecule has 20 heavy (non-hydrogen) atoms. The highest BCUT2D eigenvalue weighted by atomic mass is 19.1. The Morgan fingerprint density at radius 1 is 1.30 bits per heavy atom. The molecule has 6 heteroatoms. The molecule has 0 atom stereocenters. The van der Waals surface area contributed by atoms with Crippen molar-refractivity contribution in [1.29, 1.82) is 0 Å². The number of hydrogen-bond acceptors (Lipinski definition) is 2. The highest BCUT2D eigenvalue weighted by Gasteiger charge is 2.18. The fourth-order valence-electron chi connectivity index (χ4n) is 2.24. The molecule has 0 bridgehead atoms. The normalized spacial score (nSPS) is 15.9. The molecule has 0 saturated carbocycles. The Morgan fingerprint density at radius 3 is 2.50 bits per heavy atom. The number of urea groups is 1. The van der Waals surface area contributed by atoms with Crippen LogP contribution in [0.15, 0.2) is 18.2 Å². The topological polar surface area (TPSA) is 41.6 Å². The van der Waals surface area contributed by atoms with Gasteiger partial charge in [-0.05, 0) is 30.9 Å². The standard InChI is InChI=1S/C14H18F2N2O2/c1-18(9-10-2-4-20-5-3-10)14(19)17-13-7-11(15)6-12(16)8-13/h6-8,10H,2-5,9H2,1H3,(H,17,19). The maximum atomic E-state index is 13.0. The lowest BCUT2D eigenvalue weighted by atomic mass is 10.00. The van der Waals surface area contributed by atoms with Gasteiger partial charge >= 0.3 is 6.03 Å². The summed E-state index contributed by atoms with van der Waals surface area (Å²) in [4.78, 5) is 13.5. The van der Waals surface area contributed by atoms with Crippen molar-refractivity contribution < 1.29 is 18.3 Å². The predicted octanol–water partition coefficient (Wildman–Crippen LogP) is 2.86. The van der Waals surface area contributed by atoms with Crippen molar-refractivity contribution in [2.24, 2.45) is 5.92 Å². The average molecular weight is 284 g/mol. The van der Waals surface area contributed by atoms with E-state index in [1.807, 2.05) is 0 Å². The van der Waals surface area contributed by atoms with Crippen molar-refractivity contribution in [2.45, 2.75) is 12.8 Å². The molecule has 1 aliphatic heterocycles. The summed E-state index contributed by atoms with van der Waals surface area (Å²) in [5.74, 6) is -1.02. The van der Waals surface area contributed by atoms with Crippen LogP contribution in [0.2, 0.25) is 0 Å². The van der Waals surface area contributed by atoms with E-state index in [0.717, 1.165) is 44.3 Å². The van der Waals surface area contributed by atoms with E-state index in [0.29, 0.717) is 12.5 Å². The first kappa shape index (κ1) is 14.7. The van der Waals surface area contributed by atoms with Crippen LogP contribution in [0.3, 0.4) is 0 Å². The molecule has 1 aliphatic rings. The minimum atomic E-state index is -0.715. The van der Waals surface area contributed by atoms with Gasteiger partial charge in [-0.3, -0.25) is 0 Å². The van der Waals surface area contributed by atoms with Gasteiger partial charge in [0.2, 0.25) is 0 Å². The van der Waals surface area contributed by atoms with E-state index >= 15 is 0 Å². The molecule has 1 N–H and O–H groups in total. The fraction of sp³-hybridized carbons (Fsp3) is 0.500. The summed E-state index contributed by atoms with van der Waals surface area (Å²) in [5, 5.41) is 2.49. The molecule has 0 aromatic heterocycles. The zero-order valence-corrected chi connectivity index (χ0v) is 11.4. The number of benzene rings is 1. The maximum Gasteiger partial charge on any atom is 0.321 e. The predicted molar refractivity (Wildman–Crippen MR) is 71.5 cm³/mol. The Labute approximate surface area is 116 Å². The third-order valence-electron chi connectivity index (χ3n) is 3.33. The Balaban J connectivity index is 1.89. The van der Waals surface area contributed by atoms with Gasteiger partial charge in [0.15, 0.2) is 0 Å². The number of hydrogen-bond donors (Lipinski definition) is 1. The van der Waals surface area contributed by atoms with Crippen molar-refractivity contribution >= 4 is 11.7 Å². The molecule has 0 spiro atoms. The van der Waals surface area contributed by atoms with E-state index < -0.39 is 11.6 Å². The maximum absolute atomic E-state index is 13.0. The number of ether oxygens (including phenoxy) is 1. The van der Waals surface area contributed by atoms with Crippen LogP contribution in [-0.2, 0) is 4.74 Å². The fourth-order valence-corrected chi connectivity index (χ4v) is 2.24. The Hall–Kier alpha value is -1.69. The zero-order chi connectivity index (χ0) is 14.5. The highest BCUT2D eigenvalue weighted by molar-refractivity contribution is 5.89. The van der Waals surface area contributed by atoms with E-state index in [9.17, 15) is 13.6 Å². The third-order valence-corrected chi connectivity index (χ3v) is 3.33. The van der Waals surface area contributed by atoms with Crippen molar-refractivity contribution in [3.05, 3.63) is 29.8 Å². The lowest BCUT2D eigenvalue weighted by molar-refractivity contribution is 0.0592. The molecule has 110 valence electrons. The van der Waals surface area contributed by atoms with E-state index in [1.54, 1.807) is 7.05 Å². The zero-order valence-electron chi connectivity index (χ0n) is 11.4. The lowest BCUT2D eigenvalue weighted by Crippen LogP contribution is -2.36. The molecule has 1 saturated heterocycles. The molecule has 2 amide bonds. The number of anilines is 1. The van der Waals surface area contributed by atoms with Crippen LogP contribution in [-0.4, -0.2) is 37.7 Å². The molecule has 1 aromatic carbocycles. The molecule has 1 fully saturated rings. The van der Waals surface area contributed by atoms with E-state index in [4.69, 9.17) is 4.74 Å². The second-order valence-electron chi connectivity index (χ2n) is 5.02. The van der Waals surface area contributed by atoms with Crippen molar-refractivity contribution in [2.75, 3.05) is 32.1 Å². The second-order valence-corrected chi connectivity index (χ2v) is 5.02. The van der Waals surface area contributed by atoms with Crippen LogP contribution in [0.25, 0.3) is 0 Å². The van der Waals surface area contributed by atoms with Gasteiger partial charge < -0.3 is 15.0 Å². The van der Waals surface area contributed by atoms with Crippen molar-refractivity contribution in [1.82, 2.24) is 4.90 Å². The van der Waals surface area contributed by atoms with Gasteiger partial charge in [-0.25, -0.2) is 13.6 Å². The SMILES string of the molecule is CN(CC1CCOCC1)C(=O)Nc1cc(F)cc(F)c1. The molecule has 0 radical (unpaired) electrons. The summed E-state index contributed by atoms with van der Waals surface area (Å²) in [7, 11) is 1.67. The minimum absolute atomic E-state index is 0.117. The molecule has 1 aromatic rings. The van der Waals surface area contributed by atoms with Crippen molar-refractivity contribution in [3.63, 3.8) is 0 Å². The van der Waals surface area contributed by atoms with Gasteiger partial charge in [0.25, 0.3) is 0 Å². The number of halogens is 2. The molecular weight excluding hydrogens is 266 g/mol. The third kappa shape index (κ3) is 4.16. The smallest absolute Gasteiger partial charge is 0.321 e. The van der Waals surface area contributed by atoms with Crippen LogP contribution in [0.4, 0.5) is 19.3 Å². The number of nitrogens with one attached hydrogen (secondary N) is 1. The summed E-state index contributed by atoms with van der Waals surface area (Å²) in [6, 6.07) is 2.56. The van der Waals surface area contributed by atoms with Gasteiger partial charge in [-0.15, -0.1) is 0 Å². The summed E-state index contributed by atoms with van der Waals surface area (Å²) >= 11 is 0. The average Bonchev–Trinajstić information content (AvgIpc) is 2.38. The Morgan fingerprint density at radius 2 is 1.90 bits per heavy atom. The summed E-state index contributed by atoms with van der Waals surface area (Å²) in [6.45, 7) is 2.04. The highest BCUT2D eigenvalue weighted by Crippen LogP contribution is 2.17. The number of amides is 2. The van der Waals surface area contributed by atoms with Crippen LogP contribution >= 0.6 is 0 Å². The largest absolute Gasteiger partial charge is 0.381 e. The molecule has 2 rings (SSSR count). The minimum Gasteiger partial charge on any atom is -0.381 e. The summed E-state index contributed by atoms with van der Waals surface area (Å²) < 4.78 is 31.3.